The first-order valence-corrected chi connectivity index (χ1v) is 6.29. The fourth-order valence-corrected chi connectivity index (χ4v) is 1.93. The zero-order valence-electron chi connectivity index (χ0n) is 11.9. The largest absolute Gasteiger partial charge is 0.673 e. The number of aromatic nitrogens is 3. The minimum atomic E-state index is -6.00. The molecule has 11 heteroatoms. The lowest BCUT2D eigenvalue weighted by atomic mass is 10.2. The Morgan fingerprint density at radius 3 is 1.86 bits per heavy atom. The molecule has 0 aliphatic carbocycles. The smallest absolute Gasteiger partial charge is 0.466 e. The van der Waals surface area contributed by atoms with E-state index in [1.54, 1.807) is 14.2 Å². The molecule has 1 aliphatic heterocycles. The molecule has 0 radical (unpaired) electrons. The topological polar surface area (TPSA) is 61.6 Å². The van der Waals surface area contributed by atoms with Gasteiger partial charge in [0.2, 0.25) is 0 Å². The van der Waals surface area contributed by atoms with Gasteiger partial charge >= 0.3 is 25.2 Å². The van der Waals surface area contributed by atoms with Crippen molar-refractivity contribution in [2.24, 2.45) is 5.92 Å². The molecule has 2 heterocycles. The maximum absolute atomic E-state index is 9.75. The average Bonchev–Trinajstić information content (AvgIpc) is 2.83. The highest BCUT2D eigenvalue weighted by molar-refractivity contribution is 6.50. The SMILES string of the molecule is COc1nc(OC)nc([NH+]2CCC(C)C2)n1.F[B-](F)(F)F. The molecule has 120 valence electrons. The number of halogens is 4. The summed E-state index contributed by atoms with van der Waals surface area (Å²) < 4.78 is 49.1. The van der Waals surface area contributed by atoms with Gasteiger partial charge in [0.05, 0.1) is 27.3 Å². The monoisotopic (exact) mass is 312 g/mol. The number of ether oxygens (including phenoxy) is 2. The summed E-state index contributed by atoms with van der Waals surface area (Å²) in [5.41, 5.74) is 0. The minimum Gasteiger partial charge on any atom is -0.466 e. The lowest BCUT2D eigenvalue weighted by molar-refractivity contribution is -0.825. The van der Waals surface area contributed by atoms with Gasteiger partial charge in [-0.15, -0.1) is 15.0 Å². The molecule has 1 aromatic heterocycles. The van der Waals surface area contributed by atoms with Crippen LogP contribution >= 0.6 is 0 Å². The first-order chi connectivity index (χ1) is 9.72. The Morgan fingerprint density at radius 2 is 1.52 bits per heavy atom. The van der Waals surface area contributed by atoms with Crippen LogP contribution in [0.4, 0.5) is 23.2 Å². The van der Waals surface area contributed by atoms with E-state index in [9.17, 15) is 17.3 Å². The summed E-state index contributed by atoms with van der Waals surface area (Å²) in [4.78, 5) is 13.8. The van der Waals surface area contributed by atoms with Crippen LogP contribution in [-0.2, 0) is 0 Å². The number of hydrogen-bond acceptors (Lipinski definition) is 5. The molecule has 2 unspecified atom stereocenters. The molecule has 1 aliphatic rings. The highest BCUT2D eigenvalue weighted by Crippen LogP contribution is 2.11. The highest BCUT2D eigenvalue weighted by atomic mass is 19.5. The predicted molar refractivity (Wildman–Crippen MR) is 67.3 cm³/mol. The highest BCUT2D eigenvalue weighted by Gasteiger charge is 2.28. The van der Waals surface area contributed by atoms with Crippen LogP contribution in [0.3, 0.4) is 0 Å². The van der Waals surface area contributed by atoms with Crippen LogP contribution in [-0.4, -0.2) is 49.5 Å². The normalized spacial score (nSPS) is 21.5. The van der Waals surface area contributed by atoms with E-state index in [0.29, 0.717) is 23.9 Å². The van der Waals surface area contributed by atoms with Crippen molar-refractivity contribution >= 4 is 13.2 Å². The molecule has 1 saturated heterocycles. The van der Waals surface area contributed by atoms with Crippen LogP contribution in [0.25, 0.3) is 0 Å². The maximum Gasteiger partial charge on any atom is 0.673 e. The van der Waals surface area contributed by atoms with Crippen molar-refractivity contribution in [3.05, 3.63) is 0 Å². The third-order valence-electron chi connectivity index (χ3n) is 2.81. The summed E-state index contributed by atoms with van der Waals surface area (Å²) in [6, 6.07) is 0.628. The molecule has 0 spiro atoms. The van der Waals surface area contributed by atoms with Crippen LogP contribution in [0.1, 0.15) is 13.3 Å². The quantitative estimate of drug-likeness (QED) is 0.659. The number of hydrogen-bond donors (Lipinski definition) is 1. The van der Waals surface area contributed by atoms with E-state index in [1.807, 2.05) is 0 Å². The van der Waals surface area contributed by atoms with Gasteiger partial charge in [-0.05, 0) is 0 Å². The van der Waals surface area contributed by atoms with Crippen molar-refractivity contribution < 1.29 is 31.6 Å². The van der Waals surface area contributed by atoms with Crippen molar-refractivity contribution in [1.82, 2.24) is 15.0 Å². The van der Waals surface area contributed by atoms with E-state index in [2.05, 4.69) is 21.9 Å². The van der Waals surface area contributed by atoms with E-state index < -0.39 is 7.25 Å². The molecule has 0 aromatic carbocycles. The molecule has 1 fully saturated rings. The molecule has 6 nitrogen and oxygen atoms in total. The van der Waals surface area contributed by atoms with Gasteiger partial charge in [0.25, 0.3) is 0 Å². The third kappa shape index (κ3) is 6.56. The van der Waals surface area contributed by atoms with Crippen LogP contribution in [0, 0.1) is 5.92 Å². The predicted octanol–water partition coefficient (Wildman–Crippen LogP) is 0.745. The zero-order chi connectivity index (χ0) is 16.0. The van der Waals surface area contributed by atoms with E-state index in [-0.39, 0.29) is 0 Å². The number of methoxy groups -OCH3 is 2. The van der Waals surface area contributed by atoms with Gasteiger partial charge in [-0.1, -0.05) is 6.92 Å². The van der Waals surface area contributed by atoms with Crippen LogP contribution < -0.4 is 14.4 Å². The van der Waals surface area contributed by atoms with Gasteiger partial charge in [-0.25, -0.2) is 0 Å². The number of nitrogens with zero attached hydrogens (tertiary/aromatic N) is 3. The van der Waals surface area contributed by atoms with Gasteiger partial charge in [0.15, 0.2) is 0 Å². The second-order valence-corrected chi connectivity index (χ2v) is 4.58. The lowest BCUT2D eigenvalue weighted by Crippen LogP contribution is -3.05. The average molecular weight is 312 g/mol. The Hall–Kier alpha value is -1.65. The van der Waals surface area contributed by atoms with E-state index in [4.69, 9.17) is 9.47 Å². The molecule has 1 aromatic rings. The standard InChI is InChI=1S/C10H16N4O2.BF4/c1-7-4-5-14(6-7)8-11-9(15-2)13-10(12-8)16-3;2-1(3,4)5/h7H,4-6H2,1-3H3;/q;-1/p+1. The van der Waals surface area contributed by atoms with Crippen molar-refractivity contribution in [1.29, 1.82) is 0 Å². The van der Waals surface area contributed by atoms with Crippen LogP contribution in [0.5, 0.6) is 12.0 Å². The summed E-state index contributed by atoms with van der Waals surface area (Å²) in [5, 5.41) is 0. The Kier molecular flexibility index (Phi) is 6.12. The Bertz CT molecular complexity index is 435. The van der Waals surface area contributed by atoms with Crippen molar-refractivity contribution in [3.8, 4) is 12.0 Å². The summed E-state index contributed by atoms with van der Waals surface area (Å²) in [6.45, 7) is 4.34. The molecule has 2 atom stereocenters. The molecule has 21 heavy (non-hydrogen) atoms. The van der Waals surface area contributed by atoms with Crippen LogP contribution in [0.2, 0.25) is 0 Å². The van der Waals surface area contributed by atoms with Crippen LogP contribution in [0.15, 0.2) is 0 Å². The number of nitrogens with one attached hydrogen (secondary N) is 1. The van der Waals surface area contributed by atoms with E-state index in [0.717, 1.165) is 13.1 Å². The van der Waals surface area contributed by atoms with Gasteiger partial charge in [0, 0.05) is 12.3 Å². The maximum atomic E-state index is 9.75. The third-order valence-corrected chi connectivity index (χ3v) is 2.81. The number of rotatable bonds is 3. The summed E-state index contributed by atoms with van der Waals surface area (Å²) in [7, 11) is -2.92. The second-order valence-electron chi connectivity index (χ2n) is 4.58. The van der Waals surface area contributed by atoms with E-state index >= 15 is 0 Å². The second kappa shape index (κ2) is 7.39. The Morgan fingerprint density at radius 1 is 1.05 bits per heavy atom. The number of quaternary nitrogens is 1. The molecular weight excluding hydrogens is 295 g/mol. The molecule has 0 bridgehead atoms. The summed E-state index contributed by atoms with van der Waals surface area (Å²) >= 11 is 0. The minimum absolute atomic E-state index is 0.314. The molecule has 0 saturated carbocycles. The molecule has 2 rings (SSSR count). The van der Waals surface area contributed by atoms with Gasteiger partial charge in [0.1, 0.15) is 0 Å². The Labute approximate surface area is 119 Å². The van der Waals surface area contributed by atoms with Crippen molar-refractivity contribution in [3.63, 3.8) is 0 Å². The summed E-state index contributed by atoms with van der Waals surface area (Å²) in [5.74, 6) is 1.43. The Balaban J connectivity index is 0.000000383. The van der Waals surface area contributed by atoms with Crippen molar-refractivity contribution in [2.45, 2.75) is 13.3 Å². The summed E-state index contributed by atoms with van der Waals surface area (Å²) in [6.07, 6.45) is 1.20. The zero-order valence-corrected chi connectivity index (χ0v) is 11.9. The van der Waals surface area contributed by atoms with Crippen molar-refractivity contribution in [2.75, 3.05) is 27.3 Å². The fraction of sp³-hybridized carbons (Fsp3) is 0.700. The molecular formula is C10H17BF4N4O2. The lowest BCUT2D eigenvalue weighted by Gasteiger charge is -2.10. The molecule has 0 amide bonds. The van der Waals surface area contributed by atoms with E-state index in [1.165, 1.54) is 11.3 Å². The van der Waals surface area contributed by atoms with Gasteiger partial charge in [-0.2, -0.15) is 0 Å². The fourth-order valence-electron chi connectivity index (χ4n) is 1.93. The first kappa shape index (κ1) is 17.4. The van der Waals surface area contributed by atoms with Gasteiger partial charge < -0.3 is 26.7 Å². The molecule has 1 N–H and O–H groups in total. The van der Waals surface area contributed by atoms with Gasteiger partial charge in [-0.3, -0.25) is 4.90 Å². The first-order valence-electron chi connectivity index (χ1n) is 6.29.